The lowest BCUT2D eigenvalue weighted by Crippen LogP contribution is -2.28. The third-order valence-corrected chi connectivity index (χ3v) is 2.93. The molecule has 23 heavy (non-hydrogen) atoms. The molecule has 2 N–H and O–H groups in total. The van der Waals surface area contributed by atoms with Gasteiger partial charge in [-0.15, -0.1) is 0 Å². The van der Waals surface area contributed by atoms with Gasteiger partial charge in [-0.05, 0) is 17.7 Å². The van der Waals surface area contributed by atoms with Crippen LogP contribution in [0.3, 0.4) is 0 Å². The van der Waals surface area contributed by atoms with Crippen molar-refractivity contribution in [2.24, 2.45) is 0 Å². The first-order valence-corrected chi connectivity index (χ1v) is 6.76. The summed E-state index contributed by atoms with van der Waals surface area (Å²) in [5.74, 6) is -3.71. The molecule has 0 aliphatic rings. The van der Waals surface area contributed by atoms with Gasteiger partial charge in [0.05, 0.1) is 6.61 Å². The Balaban J connectivity index is 2.11. The molecule has 0 unspecified atom stereocenters. The van der Waals surface area contributed by atoms with Crippen LogP contribution in [0.1, 0.15) is 15.9 Å². The average Bonchev–Trinajstić information content (AvgIpc) is 2.50. The molecule has 0 heterocycles. The zero-order valence-corrected chi connectivity index (χ0v) is 12.0. The maximum Gasteiger partial charge on any atom is 0.257 e. The minimum Gasteiger partial charge on any atom is -0.489 e. The van der Waals surface area contributed by atoms with Crippen molar-refractivity contribution in [2.45, 2.75) is 6.61 Å². The van der Waals surface area contributed by atoms with Gasteiger partial charge in [0.15, 0.2) is 0 Å². The van der Waals surface area contributed by atoms with Crippen molar-refractivity contribution < 1.29 is 27.8 Å². The van der Waals surface area contributed by atoms with Gasteiger partial charge in [0.25, 0.3) is 5.91 Å². The quantitative estimate of drug-likeness (QED) is 0.857. The largest absolute Gasteiger partial charge is 0.489 e. The number of nitrogens with one attached hydrogen (secondary N) is 1. The molecule has 7 heteroatoms. The van der Waals surface area contributed by atoms with E-state index in [1.54, 1.807) is 6.07 Å². The monoisotopic (exact) mass is 325 g/mol. The Labute approximate surface area is 130 Å². The Hall–Kier alpha value is -2.54. The predicted octanol–water partition coefficient (Wildman–Crippen LogP) is 2.41. The molecule has 0 spiro atoms. The van der Waals surface area contributed by atoms with E-state index in [0.717, 1.165) is 12.1 Å². The van der Waals surface area contributed by atoms with Crippen molar-refractivity contribution in [3.63, 3.8) is 0 Å². The van der Waals surface area contributed by atoms with Crippen LogP contribution in [0, 0.1) is 17.5 Å². The summed E-state index contributed by atoms with van der Waals surface area (Å²) < 4.78 is 46.0. The van der Waals surface area contributed by atoms with E-state index in [4.69, 9.17) is 9.84 Å². The van der Waals surface area contributed by atoms with Gasteiger partial charge in [0, 0.05) is 18.7 Å². The number of rotatable bonds is 6. The van der Waals surface area contributed by atoms with Gasteiger partial charge in [-0.3, -0.25) is 4.79 Å². The van der Waals surface area contributed by atoms with Crippen molar-refractivity contribution in [3.8, 4) is 5.75 Å². The van der Waals surface area contributed by atoms with Crippen LogP contribution in [0.25, 0.3) is 0 Å². The molecule has 0 saturated carbocycles. The first-order chi connectivity index (χ1) is 11.0. The number of amides is 1. The van der Waals surface area contributed by atoms with Gasteiger partial charge < -0.3 is 15.2 Å². The molecule has 0 aliphatic heterocycles. The van der Waals surface area contributed by atoms with E-state index in [0.29, 0.717) is 5.56 Å². The lowest BCUT2D eigenvalue weighted by Gasteiger charge is -2.10. The van der Waals surface area contributed by atoms with E-state index in [1.807, 2.05) is 0 Å². The minimum absolute atomic E-state index is 0.0767. The highest BCUT2D eigenvalue weighted by Crippen LogP contribution is 2.22. The zero-order valence-electron chi connectivity index (χ0n) is 12.0. The fourth-order valence-electron chi connectivity index (χ4n) is 1.90. The topological polar surface area (TPSA) is 58.6 Å². The second-order valence-electron chi connectivity index (χ2n) is 4.66. The summed E-state index contributed by atoms with van der Waals surface area (Å²) in [6, 6.07) is 7.34. The molecule has 0 aliphatic carbocycles. The van der Waals surface area contributed by atoms with Gasteiger partial charge in [-0.2, -0.15) is 0 Å². The molecule has 2 rings (SSSR count). The molecule has 2 aromatic rings. The third kappa shape index (κ3) is 4.46. The molecular formula is C16H14F3NO3. The van der Waals surface area contributed by atoms with Crippen LogP contribution in [-0.4, -0.2) is 24.2 Å². The Morgan fingerprint density at radius 3 is 2.43 bits per heavy atom. The van der Waals surface area contributed by atoms with Gasteiger partial charge in [0.1, 0.15) is 35.4 Å². The molecular weight excluding hydrogens is 311 g/mol. The third-order valence-electron chi connectivity index (χ3n) is 2.93. The van der Waals surface area contributed by atoms with Gasteiger partial charge in [-0.25, -0.2) is 13.2 Å². The predicted molar refractivity (Wildman–Crippen MR) is 76.5 cm³/mol. The Kier molecular flexibility index (Phi) is 5.59. The normalized spacial score (nSPS) is 10.4. The second kappa shape index (κ2) is 7.64. The number of halogens is 3. The van der Waals surface area contributed by atoms with Crippen molar-refractivity contribution in [1.82, 2.24) is 5.32 Å². The summed E-state index contributed by atoms with van der Waals surface area (Å²) in [7, 11) is 0. The number of carbonyl (C=O) groups is 1. The summed E-state index contributed by atoms with van der Waals surface area (Å²) in [5.41, 5.74) is -0.257. The van der Waals surface area contributed by atoms with Gasteiger partial charge in [0.2, 0.25) is 0 Å². The molecule has 0 radical (unpaired) electrons. The zero-order chi connectivity index (χ0) is 16.8. The van der Waals surface area contributed by atoms with E-state index in [1.165, 1.54) is 18.2 Å². The second-order valence-corrected chi connectivity index (χ2v) is 4.66. The maximum absolute atomic E-state index is 13.9. The first kappa shape index (κ1) is 16.8. The Bertz CT molecular complexity index is 684. The highest BCUT2D eigenvalue weighted by Gasteiger charge is 2.19. The fourth-order valence-corrected chi connectivity index (χ4v) is 1.90. The smallest absolute Gasteiger partial charge is 0.257 e. The fraction of sp³-hybridized carbons (Fsp3) is 0.188. The van der Waals surface area contributed by atoms with Crippen LogP contribution in [-0.2, 0) is 6.61 Å². The molecule has 0 bridgehead atoms. The summed E-state index contributed by atoms with van der Waals surface area (Å²) in [5, 5.41) is 10.8. The molecule has 0 atom stereocenters. The van der Waals surface area contributed by atoms with E-state index in [-0.39, 0.29) is 25.5 Å². The molecule has 4 nitrogen and oxygen atoms in total. The summed E-state index contributed by atoms with van der Waals surface area (Å²) >= 11 is 0. The lowest BCUT2D eigenvalue weighted by atomic mass is 10.1. The maximum atomic E-state index is 13.9. The molecule has 2 aromatic carbocycles. The number of benzene rings is 2. The van der Waals surface area contributed by atoms with Crippen molar-refractivity contribution in [2.75, 3.05) is 13.2 Å². The van der Waals surface area contributed by atoms with Crippen molar-refractivity contribution in [1.29, 1.82) is 0 Å². The van der Waals surface area contributed by atoms with Gasteiger partial charge in [-0.1, -0.05) is 12.1 Å². The van der Waals surface area contributed by atoms with Gasteiger partial charge >= 0.3 is 0 Å². The van der Waals surface area contributed by atoms with Crippen molar-refractivity contribution in [3.05, 3.63) is 65.0 Å². The van der Waals surface area contributed by atoms with E-state index in [2.05, 4.69) is 5.32 Å². The molecule has 1 amide bonds. The highest BCUT2D eigenvalue weighted by molar-refractivity contribution is 5.94. The SMILES string of the molecule is O=C(NCCO)c1c(F)cc(OCc2cccc(F)c2)cc1F. The number of aliphatic hydroxyl groups is 1. The minimum atomic E-state index is -1.09. The summed E-state index contributed by atoms with van der Waals surface area (Å²) in [6.45, 7) is -0.536. The first-order valence-electron chi connectivity index (χ1n) is 6.76. The molecule has 0 fully saturated rings. The van der Waals surface area contributed by atoms with Crippen molar-refractivity contribution >= 4 is 5.91 Å². The number of carbonyl (C=O) groups excluding carboxylic acids is 1. The Morgan fingerprint density at radius 1 is 1.13 bits per heavy atom. The van der Waals surface area contributed by atoms with Crippen LogP contribution < -0.4 is 10.1 Å². The summed E-state index contributed by atoms with van der Waals surface area (Å²) in [4.78, 5) is 11.6. The van der Waals surface area contributed by atoms with Crippen LogP contribution in [0.2, 0.25) is 0 Å². The number of hydrogen-bond acceptors (Lipinski definition) is 3. The number of hydrogen-bond donors (Lipinski definition) is 2. The summed E-state index contributed by atoms with van der Waals surface area (Å²) in [6.07, 6.45) is 0. The van der Waals surface area contributed by atoms with E-state index in [9.17, 15) is 18.0 Å². The lowest BCUT2D eigenvalue weighted by molar-refractivity contribution is 0.0936. The average molecular weight is 325 g/mol. The molecule has 0 aromatic heterocycles. The number of ether oxygens (including phenoxy) is 1. The highest BCUT2D eigenvalue weighted by atomic mass is 19.1. The Morgan fingerprint density at radius 2 is 1.83 bits per heavy atom. The van der Waals surface area contributed by atoms with Crippen LogP contribution in [0.5, 0.6) is 5.75 Å². The van der Waals surface area contributed by atoms with E-state index >= 15 is 0 Å². The van der Waals surface area contributed by atoms with Crippen LogP contribution in [0.4, 0.5) is 13.2 Å². The molecule has 122 valence electrons. The van der Waals surface area contributed by atoms with Crippen LogP contribution in [0.15, 0.2) is 36.4 Å². The molecule has 0 saturated heterocycles. The van der Waals surface area contributed by atoms with Crippen LogP contribution >= 0.6 is 0 Å². The number of aliphatic hydroxyl groups excluding tert-OH is 1. The standard InChI is InChI=1S/C16H14F3NO3/c17-11-3-1-2-10(6-11)9-23-12-7-13(18)15(14(19)8-12)16(22)20-4-5-21/h1-3,6-8,21H,4-5,9H2,(H,20,22). The van der Waals surface area contributed by atoms with E-state index < -0.39 is 28.9 Å².